The molecule has 0 saturated heterocycles. The summed E-state index contributed by atoms with van der Waals surface area (Å²) >= 11 is 0. The normalized spacial score (nSPS) is 11.6. The minimum absolute atomic E-state index is 0.00882. The van der Waals surface area contributed by atoms with Crippen LogP contribution < -0.4 is 0 Å². The molecular weight excluding hydrogens is 282 g/mol. The number of ketones is 1. The summed E-state index contributed by atoms with van der Waals surface area (Å²) in [6.45, 7) is 6.57. The van der Waals surface area contributed by atoms with Gasteiger partial charge in [-0.15, -0.1) is 0 Å². The van der Waals surface area contributed by atoms with Crippen molar-refractivity contribution in [1.29, 1.82) is 0 Å². The van der Waals surface area contributed by atoms with E-state index in [0.717, 1.165) is 11.1 Å². The number of allylic oxidation sites excluding steroid dienone is 1. The molecule has 0 fully saturated rings. The number of benzene rings is 2. The minimum atomic E-state index is -0.00882. The van der Waals surface area contributed by atoms with Crippen molar-refractivity contribution in [2.24, 2.45) is 0 Å². The Morgan fingerprint density at radius 3 is 2.22 bits per heavy atom. The van der Waals surface area contributed by atoms with Crippen molar-refractivity contribution in [1.82, 2.24) is 4.90 Å². The maximum absolute atomic E-state index is 12.9. The second kappa shape index (κ2) is 7.70. The van der Waals surface area contributed by atoms with Gasteiger partial charge in [-0.3, -0.25) is 4.79 Å². The van der Waals surface area contributed by atoms with Crippen molar-refractivity contribution in [3.8, 4) is 0 Å². The first kappa shape index (κ1) is 16.9. The first-order chi connectivity index (χ1) is 11.0. The van der Waals surface area contributed by atoms with Crippen molar-refractivity contribution in [3.63, 3.8) is 0 Å². The lowest BCUT2D eigenvalue weighted by atomic mass is 9.95. The topological polar surface area (TPSA) is 20.3 Å². The Balaban J connectivity index is 2.42. The van der Waals surface area contributed by atoms with E-state index in [9.17, 15) is 4.79 Å². The average Bonchev–Trinajstić information content (AvgIpc) is 2.54. The van der Waals surface area contributed by atoms with Crippen LogP contribution in [0.1, 0.15) is 16.7 Å². The molecule has 0 amide bonds. The summed E-state index contributed by atoms with van der Waals surface area (Å²) in [6, 6.07) is 17.9. The number of nitrogens with zero attached hydrogens (tertiary/aromatic N) is 1. The number of Topliss-reactive ketones (excluding diaryl/α,β-unsaturated/α-hetero) is 1. The zero-order valence-corrected chi connectivity index (χ0v) is 14.0. The van der Waals surface area contributed by atoms with Gasteiger partial charge in [-0.25, -0.2) is 0 Å². The summed E-state index contributed by atoms with van der Waals surface area (Å²) in [7, 11) is 3.87. The fourth-order valence-corrected chi connectivity index (χ4v) is 2.37. The molecule has 0 aliphatic rings. The van der Waals surface area contributed by atoms with Gasteiger partial charge in [0.2, 0.25) is 0 Å². The van der Waals surface area contributed by atoms with E-state index in [1.54, 1.807) is 0 Å². The number of hydrogen-bond donors (Lipinski definition) is 0. The maximum Gasteiger partial charge on any atom is 0.190 e. The first-order valence-electron chi connectivity index (χ1n) is 7.68. The number of likely N-dealkylation sites (N-methyl/N-ethyl adjacent to an activating group) is 1. The molecule has 0 aliphatic carbocycles. The average molecular weight is 305 g/mol. The third kappa shape index (κ3) is 4.76. The number of carbonyl (C=O) groups excluding carboxylic acids is 1. The number of carbonyl (C=O) groups is 1. The van der Waals surface area contributed by atoms with E-state index in [2.05, 4.69) is 13.5 Å². The zero-order chi connectivity index (χ0) is 16.8. The first-order valence-corrected chi connectivity index (χ1v) is 7.68. The van der Waals surface area contributed by atoms with Crippen LogP contribution in [0.3, 0.4) is 0 Å². The Hall–Kier alpha value is -2.45. The molecule has 0 aliphatic heterocycles. The highest BCUT2D eigenvalue weighted by Crippen LogP contribution is 2.22. The van der Waals surface area contributed by atoms with Crippen LogP contribution in [-0.4, -0.2) is 31.3 Å². The molecule has 2 aromatic rings. The molecule has 0 spiro atoms. The molecule has 0 saturated carbocycles. The van der Waals surface area contributed by atoms with Crippen LogP contribution in [0, 0.1) is 6.92 Å². The largest absolute Gasteiger partial charge is 0.305 e. The van der Waals surface area contributed by atoms with Gasteiger partial charge in [0.15, 0.2) is 5.78 Å². The summed E-state index contributed by atoms with van der Waals surface area (Å²) in [4.78, 5) is 14.8. The van der Waals surface area contributed by atoms with E-state index in [1.807, 2.05) is 79.7 Å². The Morgan fingerprint density at radius 2 is 1.65 bits per heavy atom. The third-order valence-electron chi connectivity index (χ3n) is 3.55. The monoisotopic (exact) mass is 305 g/mol. The van der Waals surface area contributed by atoms with Crippen molar-refractivity contribution < 1.29 is 4.79 Å². The van der Waals surface area contributed by atoms with Gasteiger partial charge < -0.3 is 4.90 Å². The van der Waals surface area contributed by atoms with E-state index >= 15 is 0 Å². The highest BCUT2D eigenvalue weighted by Gasteiger charge is 2.16. The molecule has 0 bridgehead atoms. The summed E-state index contributed by atoms with van der Waals surface area (Å²) in [5.41, 5.74) is 4.41. The van der Waals surface area contributed by atoms with E-state index in [4.69, 9.17) is 0 Å². The zero-order valence-electron chi connectivity index (χ0n) is 14.0. The maximum atomic E-state index is 12.9. The molecule has 2 heteroatoms. The standard InChI is InChI=1S/C21H23NO/c1-16-10-12-18(13-11-16)14-20(19-8-6-5-7-9-19)21(23)17(2)15-22(3)4/h5-14H,2,15H2,1,3-4H3/b20-14-. The van der Waals surface area contributed by atoms with Crippen LogP contribution in [0.5, 0.6) is 0 Å². The van der Waals surface area contributed by atoms with Gasteiger partial charge in [0.05, 0.1) is 0 Å². The van der Waals surface area contributed by atoms with Gasteiger partial charge in [-0.2, -0.15) is 0 Å². The molecule has 0 N–H and O–H groups in total. The SMILES string of the molecule is C=C(CN(C)C)C(=O)/C(=C\c1ccc(C)cc1)c1ccccc1. The number of hydrogen-bond acceptors (Lipinski definition) is 2. The lowest BCUT2D eigenvalue weighted by Crippen LogP contribution is -2.19. The summed E-state index contributed by atoms with van der Waals surface area (Å²) in [5, 5.41) is 0. The van der Waals surface area contributed by atoms with Gasteiger partial charge in [0.25, 0.3) is 0 Å². The van der Waals surface area contributed by atoms with E-state index < -0.39 is 0 Å². The smallest absolute Gasteiger partial charge is 0.190 e. The molecule has 2 aromatic carbocycles. The molecule has 23 heavy (non-hydrogen) atoms. The highest BCUT2D eigenvalue weighted by molar-refractivity contribution is 6.32. The van der Waals surface area contributed by atoms with Crippen molar-refractivity contribution >= 4 is 17.4 Å². The Labute approximate surface area is 138 Å². The van der Waals surface area contributed by atoms with Crippen molar-refractivity contribution in [3.05, 3.63) is 83.4 Å². The van der Waals surface area contributed by atoms with Crippen molar-refractivity contribution in [2.75, 3.05) is 20.6 Å². The molecule has 2 nitrogen and oxygen atoms in total. The molecule has 0 radical (unpaired) electrons. The molecule has 0 heterocycles. The molecule has 0 aromatic heterocycles. The van der Waals surface area contributed by atoms with E-state index in [0.29, 0.717) is 17.7 Å². The number of aryl methyl sites for hydroxylation is 1. The quantitative estimate of drug-likeness (QED) is 0.588. The molecule has 0 unspecified atom stereocenters. The fraction of sp³-hybridized carbons (Fsp3) is 0.190. The van der Waals surface area contributed by atoms with Crippen LogP contribution in [-0.2, 0) is 4.79 Å². The second-order valence-corrected chi connectivity index (χ2v) is 6.01. The van der Waals surface area contributed by atoms with Gasteiger partial charge >= 0.3 is 0 Å². The Morgan fingerprint density at radius 1 is 1.04 bits per heavy atom. The van der Waals surface area contributed by atoms with Gasteiger partial charge in [-0.1, -0.05) is 66.7 Å². The van der Waals surface area contributed by atoms with Crippen LogP contribution >= 0.6 is 0 Å². The van der Waals surface area contributed by atoms with E-state index in [1.165, 1.54) is 5.56 Å². The fourth-order valence-electron chi connectivity index (χ4n) is 2.37. The minimum Gasteiger partial charge on any atom is -0.305 e. The van der Waals surface area contributed by atoms with Crippen LogP contribution in [0.25, 0.3) is 11.6 Å². The Kier molecular flexibility index (Phi) is 5.67. The lowest BCUT2D eigenvalue weighted by molar-refractivity contribution is -0.110. The van der Waals surface area contributed by atoms with Gasteiger partial charge in [0, 0.05) is 17.7 Å². The van der Waals surface area contributed by atoms with Gasteiger partial charge in [0.1, 0.15) is 0 Å². The van der Waals surface area contributed by atoms with Crippen LogP contribution in [0.2, 0.25) is 0 Å². The summed E-state index contributed by atoms with van der Waals surface area (Å²) in [6.07, 6.45) is 1.94. The van der Waals surface area contributed by atoms with Crippen molar-refractivity contribution in [2.45, 2.75) is 6.92 Å². The number of rotatable bonds is 6. The molecular formula is C21H23NO. The molecule has 0 atom stereocenters. The predicted molar refractivity (Wildman–Crippen MR) is 98.2 cm³/mol. The summed E-state index contributed by atoms with van der Waals surface area (Å²) in [5.74, 6) is -0.00882. The second-order valence-electron chi connectivity index (χ2n) is 6.01. The van der Waals surface area contributed by atoms with Crippen LogP contribution in [0.15, 0.2) is 66.7 Å². The van der Waals surface area contributed by atoms with E-state index in [-0.39, 0.29) is 5.78 Å². The molecule has 118 valence electrons. The van der Waals surface area contributed by atoms with Gasteiger partial charge in [-0.05, 0) is 38.2 Å². The summed E-state index contributed by atoms with van der Waals surface area (Å²) < 4.78 is 0. The third-order valence-corrected chi connectivity index (χ3v) is 3.55. The lowest BCUT2D eigenvalue weighted by Gasteiger charge is -2.14. The van der Waals surface area contributed by atoms with Crippen LogP contribution in [0.4, 0.5) is 0 Å². The highest BCUT2D eigenvalue weighted by atomic mass is 16.1. The Bertz CT molecular complexity index is 709. The molecule has 2 rings (SSSR count). The predicted octanol–water partition coefficient (Wildman–Crippen LogP) is 4.22.